The van der Waals surface area contributed by atoms with Crippen LogP contribution in [0.25, 0.3) is 0 Å². The number of aromatic carboxylic acids is 1. The Morgan fingerprint density at radius 2 is 2.00 bits per heavy atom. The fourth-order valence-corrected chi connectivity index (χ4v) is 2.47. The van der Waals surface area contributed by atoms with Crippen LogP contribution in [0.1, 0.15) is 36.5 Å². The highest BCUT2D eigenvalue weighted by molar-refractivity contribution is 5.93. The van der Waals surface area contributed by atoms with Crippen LogP contribution in [0.2, 0.25) is 0 Å². The number of carboxylic acids is 1. The Morgan fingerprint density at radius 1 is 1.30 bits per heavy atom. The molecule has 1 aromatic carbocycles. The van der Waals surface area contributed by atoms with E-state index < -0.39 is 5.97 Å². The molecule has 1 fully saturated rings. The standard InChI is InChI=1S/C15H20N2O3/c1-11-4-2-3-9-17(11)10-14(18)16-13-7-5-12(6-8-13)15(19)20/h5-8,11H,2-4,9-10H2,1H3,(H,16,18)(H,19,20). The van der Waals surface area contributed by atoms with Crippen LogP contribution in [0.4, 0.5) is 5.69 Å². The van der Waals surface area contributed by atoms with E-state index in [9.17, 15) is 9.59 Å². The van der Waals surface area contributed by atoms with E-state index >= 15 is 0 Å². The molecule has 1 aliphatic heterocycles. The third-order valence-corrected chi connectivity index (χ3v) is 3.70. The average molecular weight is 276 g/mol. The minimum Gasteiger partial charge on any atom is -0.478 e. The van der Waals surface area contributed by atoms with E-state index in [1.165, 1.54) is 18.6 Å². The molecule has 0 bridgehead atoms. The second-order valence-corrected chi connectivity index (χ2v) is 5.25. The van der Waals surface area contributed by atoms with Crippen molar-refractivity contribution in [1.29, 1.82) is 0 Å². The molecule has 1 heterocycles. The summed E-state index contributed by atoms with van der Waals surface area (Å²) in [6.45, 7) is 3.50. The van der Waals surface area contributed by atoms with Crippen LogP contribution in [0, 0.1) is 0 Å². The Morgan fingerprint density at radius 3 is 2.60 bits per heavy atom. The smallest absolute Gasteiger partial charge is 0.335 e. The zero-order valence-electron chi connectivity index (χ0n) is 11.6. The number of likely N-dealkylation sites (tertiary alicyclic amines) is 1. The zero-order valence-corrected chi connectivity index (χ0v) is 11.6. The number of hydrogen-bond donors (Lipinski definition) is 2. The Kier molecular flexibility index (Phi) is 4.74. The molecule has 0 aromatic heterocycles. The predicted octanol–water partition coefficient (Wildman–Crippen LogP) is 2.20. The lowest BCUT2D eigenvalue weighted by atomic mass is 10.0. The maximum atomic E-state index is 12.0. The number of amides is 1. The van der Waals surface area contributed by atoms with Gasteiger partial charge in [0.15, 0.2) is 0 Å². The monoisotopic (exact) mass is 276 g/mol. The number of hydrogen-bond acceptors (Lipinski definition) is 3. The van der Waals surface area contributed by atoms with Crippen molar-refractivity contribution in [1.82, 2.24) is 4.90 Å². The molecule has 5 nitrogen and oxygen atoms in total. The van der Waals surface area contributed by atoms with Gasteiger partial charge in [0.1, 0.15) is 0 Å². The number of rotatable bonds is 4. The van der Waals surface area contributed by atoms with E-state index in [4.69, 9.17) is 5.11 Å². The number of carbonyl (C=O) groups excluding carboxylic acids is 1. The molecular formula is C15H20N2O3. The molecule has 1 unspecified atom stereocenters. The first-order valence-corrected chi connectivity index (χ1v) is 6.93. The lowest BCUT2D eigenvalue weighted by molar-refractivity contribution is -0.118. The number of nitrogens with one attached hydrogen (secondary N) is 1. The summed E-state index contributed by atoms with van der Waals surface area (Å²) in [5.41, 5.74) is 0.845. The van der Waals surface area contributed by atoms with Gasteiger partial charge in [-0.2, -0.15) is 0 Å². The SMILES string of the molecule is CC1CCCCN1CC(=O)Nc1ccc(C(=O)O)cc1. The molecule has 20 heavy (non-hydrogen) atoms. The molecule has 0 aliphatic carbocycles. The summed E-state index contributed by atoms with van der Waals surface area (Å²) in [5.74, 6) is -1.02. The van der Waals surface area contributed by atoms with Crippen LogP contribution >= 0.6 is 0 Å². The quantitative estimate of drug-likeness (QED) is 0.884. The minimum absolute atomic E-state index is 0.0539. The number of nitrogens with zero attached hydrogens (tertiary/aromatic N) is 1. The molecule has 108 valence electrons. The molecule has 0 spiro atoms. The van der Waals surface area contributed by atoms with Crippen molar-refractivity contribution >= 4 is 17.6 Å². The molecule has 2 N–H and O–H groups in total. The number of benzene rings is 1. The molecule has 5 heteroatoms. The van der Waals surface area contributed by atoms with Crippen molar-refractivity contribution < 1.29 is 14.7 Å². The van der Waals surface area contributed by atoms with Gasteiger partial charge >= 0.3 is 5.97 Å². The van der Waals surface area contributed by atoms with Crippen LogP contribution < -0.4 is 5.32 Å². The number of anilines is 1. The largest absolute Gasteiger partial charge is 0.478 e. The zero-order chi connectivity index (χ0) is 14.5. The molecular weight excluding hydrogens is 256 g/mol. The fraction of sp³-hybridized carbons (Fsp3) is 0.467. The van der Waals surface area contributed by atoms with Gasteiger partial charge in [-0.25, -0.2) is 4.79 Å². The first kappa shape index (κ1) is 14.5. The van der Waals surface area contributed by atoms with E-state index in [0.29, 0.717) is 18.3 Å². The minimum atomic E-state index is -0.968. The third-order valence-electron chi connectivity index (χ3n) is 3.70. The summed E-state index contributed by atoms with van der Waals surface area (Å²) < 4.78 is 0. The summed E-state index contributed by atoms with van der Waals surface area (Å²) in [4.78, 5) is 24.9. The van der Waals surface area contributed by atoms with Crippen molar-refractivity contribution in [3.63, 3.8) is 0 Å². The molecule has 1 aliphatic rings. The van der Waals surface area contributed by atoms with Crippen LogP contribution in [-0.2, 0) is 4.79 Å². The second kappa shape index (κ2) is 6.52. The molecule has 0 radical (unpaired) electrons. The van der Waals surface area contributed by atoms with Gasteiger partial charge < -0.3 is 10.4 Å². The first-order chi connectivity index (χ1) is 9.56. The predicted molar refractivity (Wildman–Crippen MR) is 76.9 cm³/mol. The van der Waals surface area contributed by atoms with E-state index in [0.717, 1.165) is 19.4 Å². The molecule has 1 amide bonds. The summed E-state index contributed by atoms with van der Waals surface area (Å²) in [5, 5.41) is 11.6. The van der Waals surface area contributed by atoms with Crippen molar-refractivity contribution in [2.75, 3.05) is 18.4 Å². The Bertz CT molecular complexity index is 484. The molecule has 1 aromatic rings. The lowest BCUT2D eigenvalue weighted by Crippen LogP contribution is -2.42. The summed E-state index contributed by atoms with van der Waals surface area (Å²) >= 11 is 0. The van der Waals surface area contributed by atoms with Gasteiger partial charge in [0.25, 0.3) is 0 Å². The van der Waals surface area contributed by atoms with Gasteiger partial charge in [-0.1, -0.05) is 6.42 Å². The summed E-state index contributed by atoms with van der Waals surface area (Å²) in [6, 6.07) is 6.65. The first-order valence-electron chi connectivity index (χ1n) is 6.93. The normalized spacial score (nSPS) is 19.6. The molecule has 1 saturated heterocycles. The average Bonchev–Trinajstić information content (AvgIpc) is 2.42. The van der Waals surface area contributed by atoms with Crippen LogP contribution in [0.3, 0.4) is 0 Å². The van der Waals surface area contributed by atoms with Crippen molar-refractivity contribution in [2.24, 2.45) is 0 Å². The maximum Gasteiger partial charge on any atom is 0.335 e. The van der Waals surface area contributed by atoms with Gasteiger partial charge in [0.05, 0.1) is 12.1 Å². The Balaban J connectivity index is 1.89. The topological polar surface area (TPSA) is 69.6 Å². The highest BCUT2D eigenvalue weighted by Gasteiger charge is 2.20. The van der Waals surface area contributed by atoms with Gasteiger partial charge in [-0.15, -0.1) is 0 Å². The van der Waals surface area contributed by atoms with Gasteiger partial charge in [-0.05, 0) is 50.6 Å². The van der Waals surface area contributed by atoms with E-state index in [1.807, 2.05) is 0 Å². The number of carbonyl (C=O) groups is 2. The van der Waals surface area contributed by atoms with Crippen LogP contribution in [-0.4, -0.2) is 41.0 Å². The highest BCUT2D eigenvalue weighted by atomic mass is 16.4. The molecule has 1 atom stereocenters. The molecule has 2 rings (SSSR count). The van der Waals surface area contributed by atoms with E-state index in [-0.39, 0.29) is 11.5 Å². The Labute approximate surface area is 118 Å². The van der Waals surface area contributed by atoms with Crippen LogP contribution in [0.15, 0.2) is 24.3 Å². The molecule has 0 saturated carbocycles. The summed E-state index contributed by atoms with van der Waals surface area (Å²) in [6.07, 6.45) is 3.52. The van der Waals surface area contributed by atoms with E-state index in [2.05, 4.69) is 17.1 Å². The third kappa shape index (κ3) is 3.81. The lowest BCUT2D eigenvalue weighted by Gasteiger charge is -2.32. The van der Waals surface area contributed by atoms with Crippen LogP contribution in [0.5, 0.6) is 0 Å². The van der Waals surface area contributed by atoms with Crippen molar-refractivity contribution in [3.8, 4) is 0 Å². The number of carboxylic acid groups (broad SMARTS) is 1. The van der Waals surface area contributed by atoms with Crippen molar-refractivity contribution in [2.45, 2.75) is 32.2 Å². The fourth-order valence-electron chi connectivity index (χ4n) is 2.47. The summed E-state index contributed by atoms with van der Waals surface area (Å²) in [7, 11) is 0. The van der Waals surface area contributed by atoms with E-state index in [1.54, 1.807) is 12.1 Å². The van der Waals surface area contributed by atoms with Crippen molar-refractivity contribution in [3.05, 3.63) is 29.8 Å². The maximum absolute atomic E-state index is 12.0. The second-order valence-electron chi connectivity index (χ2n) is 5.25. The number of piperidine rings is 1. The van der Waals surface area contributed by atoms with Gasteiger partial charge in [-0.3, -0.25) is 9.69 Å². The highest BCUT2D eigenvalue weighted by Crippen LogP contribution is 2.16. The van der Waals surface area contributed by atoms with Gasteiger partial charge in [0.2, 0.25) is 5.91 Å². The Hall–Kier alpha value is -1.88. The van der Waals surface area contributed by atoms with Gasteiger partial charge in [0, 0.05) is 11.7 Å².